The molecule has 0 bridgehead atoms. The normalized spacial score (nSPS) is 12.4. The first-order valence-electron chi connectivity index (χ1n) is 8.71. The van der Waals surface area contributed by atoms with Gasteiger partial charge >= 0.3 is 5.97 Å². The summed E-state index contributed by atoms with van der Waals surface area (Å²) in [7, 11) is -3.42. The second kappa shape index (κ2) is 8.33. The van der Waals surface area contributed by atoms with E-state index in [1.54, 1.807) is 24.3 Å². The molecule has 30 heavy (non-hydrogen) atoms. The summed E-state index contributed by atoms with van der Waals surface area (Å²) in [4.78, 5) is 24.2. The lowest BCUT2D eigenvalue weighted by Gasteiger charge is -2.13. The number of benzene rings is 2. The third kappa shape index (κ3) is 4.72. The molecule has 1 unspecified atom stereocenters. The molecule has 156 valence electrons. The van der Waals surface area contributed by atoms with Gasteiger partial charge in [0.25, 0.3) is 0 Å². The monoisotopic (exact) mass is 448 g/mol. The Kier molecular flexibility index (Phi) is 6.00. The summed E-state index contributed by atoms with van der Waals surface area (Å²) >= 11 is 5.87. The smallest absolute Gasteiger partial charge is 0.313 e. The summed E-state index contributed by atoms with van der Waals surface area (Å²) in [6, 6.07) is 13.0. The van der Waals surface area contributed by atoms with Crippen LogP contribution in [0.1, 0.15) is 18.6 Å². The highest BCUT2D eigenvalue weighted by atomic mass is 35.5. The Morgan fingerprint density at radius 2 is 1.70 bits per heavy atom. The third-order valence-corrected chi connectivity index (χ3v) is 5.68. The number of rotatable bonds is 6. The first-order valence-corrected chi connectivity index (χ1v) is 11.0. The van der Waals surface area contributed by atoms with Crippen LogP contribution in [0.2, 0.25) is 5.02 Å². The van der Waals surface area contributed by atoms with Gasteiger partial charge in [0.2, 0.25) is 11.2 Å². The van der Waals surface area contributed by atoms with Gasteiger partial charge < -0.3 is 14.3 Å². The van der Waals surface area contributed by atoms with Gasteiger partial charge in [0.05, 0.1) is 4.90 Å². The van der Waals surface area contributed by atoms with Crippen molar-refractivity contribution in [2.24, 2.45) is 0 Å². The van der Waals surface area contributed by atoms with Gasteiger partial charge in [-0.25, -0.2) is 8.42 Å². The van der Waals surface area contributed by atoms with Crippen LogP contribution in [0.3, 0.4) is 0 Å². The van der Waals surface area contributed by atoms with Gasteiger partial charge in [-0.15, -0.1) is 0 Å². The predicted molar refractivity (Wildman–Crippen MR) is 111 cm³/mol. The van der Waals surface area contributed by atoms with E-state index in [1.807, 2.05) is 0 Å². The minimum absolute atomic E-state index is 0.0133. The van der Waals surface area contributed by atoms with Gasteiger partial charge in [-0.2, -0.15) is 0 Å². The minimum Gasteiger partial charge on any atom is -0.481 e. The zero-order chi connectivity index (χ0) is 22.1. The van der Waals surface area contributed by atoms with E-state index in [0.717, 1.165) is 12.3 Å². The van der Waals surface area contributed by atoms with Gasteiger partial charge in [-0.3, -0.25) is 9.59 Å². The molecule has 0 aliphatic carbocycles. The number of halogens is 1. The second-order valence-electron chi connectivity index (χ2n) is 6.58. The van der Waals surface area contributed by atoms with Crippen LogP contribution in [-0.2, 0) is 14.6 Å². The summed E-state index contributed by atoms with van der Waals surface area (Å²) in [6.45, 7) is 1.39. The third-order valence-electron chi connectivity index (χ3n) is 4.30. The molecule has 7 nitrogen and oxygen atoms in total. The Balaban J connectivity index is 2.17. The average Bonchev–Trinajstić information content (AvgIpc) is 2.69. The molecule has 3 aromatic rings. The van der Waals surface area contributed by atoms with Crippen LogP contribution in [0.4, 0.5) is 0 Å². The number of aliphatic carboxylic acids is 1. The Labute approximate surface area is 177 Å². The lowest BCUT2D eigenvalue weighted by molar-refractivity contribution is -0.138. The summed E-state index contributed by atoms with van der Waals surface area (Å²) in [5.41, 5.74) is -0.232. The van der Waals surface area contributed by atoms with Crippen molar-refractivity contribution in [2.75, 3.05) is 6.26 Å². The van der Waals surface area contributed by atoms with Crippen molar-refractivity contribution in [3.05, 3.63) is 75.6 Å². The highest BCUT2D eigenvalue weighted by Crippen LogP contribution is 2.34. The van der Waals surface area contributed by atoms with E-state index in [-0.39, 0.29) is 22.2 Å². The summed E-state index contributed by atoms with van der Waals surface area (Å²) in [5.74, 6) is -2.15. The van der Waals surface area contributed by atoms with E-state index in [2.05, 4.69) is 0 Å². The molecule has 0 spiro atoms. The topological polar surface area (TPSA) is 111 Å². The first-order chi connectivity index (χ1) is 14.1. The van der Waals surface area contributed by atoms with Gasteiger partial charge in [-0.1, -0.05) is 11.6 Å². The highest BCUT2D eigenvalue weighted by molar-refractivity contribution is 7.90. The van der Waals surface area contributed by atoms with E-state index in [9.17, 15) is 23.1 Å². The standard InChI is InChI=1S/C21H17ClO7S/c1-12(21(24)25)18-11-17(23)20(28-15-7-5-14(22)6-8-15)19(29-18)13-3-9-16(10-4-13)30(2,26)27/h3-12H,1-2H3,(H,24,25). The van der Waals surface area contributed by atoms with Crippen molar-refractivity contribution in [2.45, 2.75) is 17.7 Å². The zero-order valence-corrected chi connectivity index (χ0v) is 17.5. The maximum absolute atomic E-state index is 12.8. The number of sulfone groups is 1. The second-order valence-corrected chi connectivity index (χ2v) is 9.04. The Hall–Kier alpha value is -3.10. The van der Waals surface area contributed by atoms with E-state index in [0.29, 0.717) is 16.3 Å². The van der Waals surface area contributed by atoms with Crippen molar-refractivity contribution in [3.8, 4) is 22.8 Å². The fourth-order valence-corrected chi connectivity index (χ4v) is 3.35. The van der Waals surface area contributed by atoms with Crippen LogP contribution in [0, 0.1) is 0 Å². The van der Waals surface area contributed by atoms with Crippen molar-refractivity contribution >= 4 is 27.4 Å². The van der Waals surface area contributed by atoms with Crippen molar-refractivity contribution < 1.29 is 27.5 Å². The van der Waals surface area contributed by atoms with Crippen LogP contribution >= 0.6 is 11.6 Å². The summed E-state index contributed by atoms with van der Waals surface area (Å²) in [6.07, 6.45) is 1.08. The van der Waals surface area contributed by atoms with Crippen LogP contribution < -0.4 is 10.2 Å². The van der Waals surface area contributed by atoms with E-state index in [4.69, 9.17) is 20.8 Å². The maximum Gasteiger partial charge on any atom is 0.313 e. The molecular formula is C21H17ClO7S. The molecule has 3 rings (SSSR count). The van der Waals surface area contributed by atoms with Gasteiger partial charge in [-0.05, 0) is 55.5 Å². The molecule has 9 heteroatoms. The molecule has 2 aromatic carbocycles. The van der Waals surface area contributed by atoms with Gasteiger partial charge in [0.1, 0.15) is 17.4 Å². The molecule has 0 saturated carbocycles. The molecule has 1 atom stereocenters. The lowest BCUT2D eigenvalue weighted by atomic mass is 10.1. The maximum atomic E-state index is 12.8. The molecule has 0 aliphatic rings. The molecule has 0 radical (unpaired) electrons. The molecule has 1 aromatic heterocycles. The zero-order valence-electron chi connectivity index (χ0n) is 16.0. The molecule has 1 heterocycles. The molecule has 0 fully saturated rings. The van der Waals surface area contributed by atoms with Crippen molar-refractivity contribution in [1.82, 2.24) is 0 Å². The van der Waals surface area contributed by atoms with Crippen LogP contribution in [0.25, 0.3) is 11.3 Å². The molecule has 0 saturated heterocycles. The van der Waals surface area contributed by atoms with Crippen LogP contribution in [-0.4, -0.2) is 25.7 Å². The first kappa shape index (κ1) is 21.6. The largest absolute Gasteiger partial charge is 0.481 e. The quantitative estimate of drug-likeness (QED) is 0.596. The molecule has 1 N–H and O–H groups in total. The number of ether oxygens (including phenoxy) is 1. The fourth-order valence-electron chi connectivity index (χ4n) is 2.60. The van der Waals surface area contributed by atoms with Crippen LogP contribution in [0.5, 0.6) is 11.5 Å². The van der Waals surface area contributed by atoms with E-state index in [1.165, 1.54) is 31.2 Å². The summed E-state index contributed by atoms with van der Waals surface area (Å²) < 4.78 is 34.9. The van der Waals surface area contributed by atoms with Gasteiger partial charge in [0.15, 0.2) is 15.6 Å². The number of carboxylic acids is 1. The fraction of sp³-hybridized carbons (Fsp3) is 0.143. The van der Waals surface area contributed by atoms with E-state index < -0.39 is 27.2 Å². The highest BCUT2D eigenvalue weighted by Gasteiger charge is 2.23. The molecule has 0 amide bonds. The SMILES string of the molecule is CC(C(=O)O)c1cc(=O)c(Oc2ccc(Cl)cc2)c(-c2ccc(S(C)(=O)=O)cc2)o1. The predicted octanol–water partition coefficient (Wildman–Crippen LogP) is 4.34. The van der Waals surface area contributed by atoms with Crippen molar-refractivity contribution in [3.63, 3.8) is 0 Å². The number of hydrogen-bond acceptors (Lipinski definition) is 6. The average molecular weight is 449 g/mol. The molecular weight excluding hydrogens is 432 g/mol. The number of hydrogen-bond donors (Lipinski definition) is 1. The van der Waals surface area contributed by atoms with E-state index >= 15 is 0 Å². The number of carboxylic acid groups (broad SMARTS) is 1. The lowest BCUT2D eigenvalue weighted by Crippen LogP contribution is -2.13. The molecule has 0 aliphatic heterocycles. The Morgan fingerprint density at radius 1 is 1.10 bits per heavy atom. The van der Waals surface area contributed by atoms with Crippen molar-refractivity contribution in [1.29, 1.82) is 0 Å². The summed E-state index contributed by atoms with van der Waals surface area (Å²) in [5, 5.41) is 9.75. The Morgan fingerprint density at radius 3 is 2.23 bits per heavy atom. The Bertz CT molecular complexity index is 1240. The minimum atomic E-state index is -3.42. The van der Waals surface area contributed by atoms with Crippen LogP contribution in [0.15, 0.2) is 68.7 Å². The number of carbonyl (C=O) groups is 1. The van der Waals surface area contributed by atoms with Gasteiger partial charge in [0, 0.05) is 22.9 Å².